The highest BCUT2D eigenvalue weighted by Crippen LogP contribution is 2.27. The summed E-state index contributed by atoms with van der Waals surface area (Å²) in [6.07, 6.45) is 1.65. The van der Waals surface area contributed by atoms with E-state index in [0.717, 1.165) is 26.6 Å². The number of amides is 3. The average molecular weight is 556 g/mol. The van der Waals surface area contributed by atoms with E-state index < -0.39 is 5.91 Å². The number of benzene rings is 3. The van der Waals surface area contributed by atoms with Gasteiger partial charge in [-0.05, 0) is 85.8 Å². The fraction of sp³-hybridized carbons (Fsp3) is 0.129. The first kappa shape index (κ1) is 27.9. The van der Waals surface area contributed by atoms with E-state index in [1.165, 1.54) is 23.1 Å². The van der Waals surface area contributed by atoms with Crippen LogP contribution in [0.1, 0.15) is 33.3 Å². The average Bonchev–Trinajstić information content (AvgIpc) is 3.45. The van der Waals surface area contributed by atoms with Crippen LogP contribution in [0.5, 0.6) is 0 Å². The van der Waals surface area contributed by atoms with Gasteiger partial charge in [-0.1, -0.05) is 42.5 Å². The zero-order valence-corrected chi connectivity index (χ0v) is 23.5. The molecule has 1 aromatic heterocycles. The largest absolute Gasteiger partial charge is 0.325 e. The normalized spacial score (nSPS) is 11.9. The minimum atomic E-state index is -0.436. The molecule has 0 aliphatic heterocycles. The molecule has 0 fully saturated rings. The van der Waals surface area contributed by atoms with Crippen molar-refractivity contribution in [2.24, 2.45) is 0 Å². The molecule has 0 bridgehead atoms. The maximum absolute atomic E-state index is 13.1. The van der Waals surface area contributed by atoms with E-state index in [-0.39, 0.29) is 22.8 Å². The number of nitrogens with one attached hydrogen (secondary N) is 3. The molecule has 1 unspecified atom stereocenters. The Morgan fingerprint density at radius 2 is 1.51 bits per heavy atom. The number of carbonyl (C=O) groups is 3. The SMILES string of the molecule is Cc1cccc(C)c1NC(=O)C(C)Sc1ccc(NC(=O)/C(=C/c2cccs2)NC(=O)c2ccccc2)cc1. The van der Waals surface area contributed by atoms with Crippen LogP contribution in [-0.2, 0) is 9.59 Å². The monoisotopic (exact) mass is 555 g/mol. The molecule has 3 aromatic carbocycles. The number of anilines is 2. The van der Waals surface area contributed by atoms with Crippen molar-refractivity contribution < 1.29 is 14.4 Å². The van der Waals surface area contributed by atoms with Crippen molar-refractivity contribution in [2.45, 2.75) is 30.9 Å². The lowest BCUT2D eigenvalue weighted by Crippen LogP contribution is -2.30. The van der Waals surface area contributed by atoms with Crippen LogP contribution >= 0.6 is 23.1 Å². The van der Waals surface area contributed by atoms with Crippen molar-refractivity contribution in [2.75, 3.05) is 10.6 Å². The molecule has 39 heavy (non-hydrogen) atoms. The molecular weight excluding hydrogens is 526 g/mol. The highest BCUT2D eigenvalue weighted by Gasteiger charge is 2.18. The number of thioether (sulfide) groups is 1. The number of aryl methyl sites for hydroxylation is 2. The molecule has 0 radical (unpaired) electrons. The summed E-state index contributed by atoms with van der Waals surface area (Å²) in [5, 5.41) is 10.2. The van der Waals surface area contributed by atoms with Crippen molar-refractivity contribution in [1.29, 1.82) is 0 Å². The number of hydrogen-bond acceptors (Lipinski definition) is 5. The van der Waals surface area contributed by atoms with Crippen molar-refractivity contribution in [3.05, 3.63) is 118 Å². The van der Waals surface area contributed by atoms with E-state index in [2.05, 4.69) is 16.0 Å². The van der Waals surface area contributed by atoms with Crippen molar-refractivity contribution >= 4 is 58.3 Å². The molecule has 198 valence electrons. The number of rotatable bonds is 9. The molecular formula is C31H29N3O3S2. The second kappa shape index (κ2) is 13.1. The van der Waals surface area contributed by atoms with Gasteiger partial charge >= 0.3 is 0 Å². The van der Waals surface area contributed by atoms with E-state index >= 15 is 0 Å². The Kier molecular flexibility index (Phi) is 9.35. The first-order valence-corrected chi connectivity index (χ1v) is 14.1. The van der Waals surface area contributed by atoms with Crippen LogP contribution in [0.4, 0.5) is 11.4 Å². The maximum Gasteiger partial charge on any atom is 0.272 e. The van der Waals surface area contributed by atoms with E-state index in [1.807, 2.05) is 74.7 Å². The van der Waals surface area contributed by atoms with Crippen LogP contribution in [-0.4, -0.2) is 23.0 Å². The van der Waals surface area contributed by atoms with E-state index in [1.54, 1.807) is 42.5 Å². The maximum atomic E-state index is 13.1. The second-order valence-corrected chi connectivity index (χ2v) is 11.3. The van der Waals surface area contributed by atoms with Gasteiger partial charge in [0, 0.05) is 26.7 Å². The molecule has 8 heteroatoms. The molecule has 0 aliphatic carbocycles. The number of hydrogen-bond donors (Lipinski definition) is 3. The van der Waals surface area contributed by atoms with Gasteiger partial charge in [0.15, 0.2) is 0 Å². The molecule has 1 heterocycles. The number of carbonyl (C=O) groups excluding carboxylic acids is 3. The van der Waals surface area contributed by atoms with Gasteiger partial charge in [-0.15, -0.1) is 23.1 Å². The zero-order chi connectivity index (χ0) is 27.8. The summed E-state index contributed by atoms with van der Waals surface area (Å²) in [6.45, 7) is 5.81. The lowest BCUT2D eigenvalue weighted by Gasteiger charge is -2.16. The Bertz CT molecular complexity index is 1460. The van der Waals surface area contributed by atoms with Crippen LogP contribution in [0.25, 0.3) is 6.08 Å². The quantitative estimate of drug-likeness (QED) is 0.155. The fourth-order valence-corrected chi connectivity index (χ4v) is 5.29. The fourth-order valence-electron chi connectivity index (χ4n) is 3.77. The van der Waals surface area contributed by atoms with E-state index in [4.69, 9.17) is 0 Å². The Labute approximate surface area is 236 Å². The summed E-state index contributed by atoms with van der Waals surface area (Å²) in [4.78, 5) is 40.4. The standard InChI is InChI=1S/C31H29N3O3S2/c1-20-9-7-10-21(2)28(20)34-29(35)22(3)39-25-16-14-24(15-17-25)32-31(37)27(19-26-13-8-18-38-26)33-30(36)23-11-5-4-6-12-23/h4-19,22H,1-3H3,(H,32,37)(H,33,36)(H,34,35)/b27-19-. The van der Waals surface area contributed by atoms with Crippen molar-refractivity contribution in [1.82, 2.24) is 5.32 Å². The predicted octanol–water partition coefficient (Wildman–Crippen LogP) is 6.89. The minimum absolute atomic E-state index is 0.0766. The van der Waals surface area contributed by atoms with E-state index in [9.17, 15) is 14.4 Å². The van der Waals surface area contributed by atoms with Crippen LogP contribution < -0.4 is 16.0 Å². The Hall–Kier alpha value is -4.14. The molecule has 4 aromatic rings. The molecule has 1 atom stereocenters. The molecule has 3 amide bonds. The highest BCUT2D eigenvalue weighted by molar-refractivity contribution is 8.00. The van der Waals surface area contributed by atoms with Crippen LogP contribution in [0, 0.1) is 13.8 Å². The highest BCUT2D eigenvalue weighted by atomic mass is 32.2. The zero-order valence-electron chi connectivity index (χ0n) is 21.9. The lowest BCUT2D eigenvalue weighted by atomic mass is 10.1. The smallest absolute Gasteiger partial charge is 0.272 e. The molecule has 0 spiro atoms. The predicted molar refractivity (Wildman–Crippen MR) is 161 cm³/mol. The third-order valence-electron chi connectivity index (χ3n) is 5.88. The third kappa shape index (κ3) is 7.69. The summed E-state index contributed by atoms with van der Waals surface area (Å²) >= 11 is 2.90. The van der Waals surface area contributed by atoms with Crippen LogP contribution in [0.3, 0.4) is 0 Å². The summed E-state index contributed by atoms with van der Waals surface area (Å²) in [5.41, 5.74) is 4.06. The number of thiophene rings is 1. The lowest BCUT2D eigenvalue weighted by molar-refractivity contribution is -0.115. The Balaban J connectivity index is 1.40. The van der Waals surface area contributed by atoms with Gasteiger partial charge in [-0.2, -0.15) is 0 Å². The molecule has 0 saturated heterocycles. The van der Waals surface area contributed by atoms with Gasteiger partial charge in [0.1, 0.15) is 5.70 Å². The summed E-state index contributed by atoms with van der Waals surface area (Å²) in [6, 6.07) is 25.7. The van der Waals surface area contributed by atoms with Crippen LogP contribution in [0.2, 0.25) is 0 Å². The molecule has 3 N–H and O–H groups in total. The van der Waals surface area contributed by atoms with E-state index in [0.29, 0.717) is 11.3 Å². The third-order valence-corrected chi connectivity index (χ3v) is 7.81. The Morgan fingerprint density at radius 1 is 0.821 bits per heavy atom. The summed E-state index contributed by atoms with van der Waals surface area (Å²) in [5.74, 6) is -0.879. The van der Waals surface area contributed by atoms with Crippen LogP contribution in [0.15, 0.2) is 101 Å². The van der Waals surface area contributed by atoms with Gasteiger partial charge < -0.3 is 16.0 Å². The topological polar surface area (TPSA) is 87.3 Å². The minimum Gasteiger partial charge on any atom is -0.325 e. The molecule has 0 aliphatic rings. The van der Waals surface area contributed by atoms with Gasteiger partial charge in [-0.25, -0.2) is 0 Å². The molecule has 6 nitrogen and oxygen atoms in total. The molecule has 4 rings (SSSR count). The van der Waals surface area contributed by atoms with Gasteiger partial charge in [0.05, 0.1) is 5.25 Å². The van der Waals surface area contributed by atoms with Gasteiger partial charge in [-0.3, -0.25) is 14.4 Å². The summed E-state index contributed by atoms with van der Waals surface area (Å²) < 4.78 is 0. The van der Waals surface area contributed by atoms with Gasteiger partial charge in [0.2, 0.25) is 5.91 Å². The number of para-hydroxylation sites is 1. The van der Waals surface area contributed by atoms with Gasteiger partial charge in [0.25, 0.3) is 11.8 Å². The molecule has 0 saturated carbocycles. The first-order chi connectivity index (χ1) is 18.8. The van der Waals surface area contributed by atoms with Crippen molar-refractivity contribution in [3.63, 3.8) is 0 Å². The summed E-state index contributed by atoms with van der Waals surface area (Å²) in [7, 11) is 0. The van der Waals surface area contributed by atoms with Crippen molar-refractivity contribution in [3.8, 4) is 0 Å². The Morgan fingerprint density at radius 3 is 2.15 bits per heavy atom. The first-order valence-electron chi connectivity index (χ1n) is 12.4. The second-order valence-electron chi connectivity index (χ2n) is 8.89.